The molecule has 0 radical (unpaired) electrons. The molecule has 0 atom stereocenters. The predicted octanol–water partition coefficient (Wildman–Crippen LogP) is 10.6. The van der Waals surface area contributed by atoms with Crippen molar-refractivity contribution in [3.63, 3.8) is 0 Å². The van der Waals surface area contributed by atoms with E-state index in [0.29, 0.717) is 0 Å². The number of halogens is 6. The van der Waals surface area contributed by atoms with E-state index in [1.165, 1.54) is 0 Å². The Kier molecular flexibility index (Phi) is 17.2. The average molecular weight is 857 g/mol. The van der Waals surface area contributed by atoms with Gasteiger partial charge >= 0.3 is 17.1 Å². The summed E-state index contributed by atoms with van der Waals surface area (Å²) in [5.41, 5.74) is 0. The van der Waals surface area contributed by atoms with E-state index in [1.807, 2.05) is 146 Å². The van der Waals surface area contributed by atoms with Crippen LogP contribution in [0, 0.1) is 15.3 Å². The summed E-state index contributed by atoms with van der Waals surface area (Å²) in [6, 6.07) is 47.2. The maximum atomic E-state index is 8.25. The smallest absolute Gasteiger partial charge is 0.356 e. The molecule has 0 saturated carbocycles. The Labute approximate surface area is 328 Å². The maximum absolute atomic E-state index is 8.25. The molecule has 0 heterocycles. The molecule has 0 aliphatic heterocycles. The Bertz CT molecular complexity index is 1650. The molecule has 6 aromatic rings. The number of hydrogen-bond donors (Lipinski definition) is 0. The van der Waals surface area contributed by atoms with Gasteiger partial charge in [-0.2, -0.15) is 0 Å². The summed E-state index contributed by atoms with van der Waals surface area (Å²) < 4.78 is 0. The minimum Gasteiger partial charge on any atom is -0.356 e. The Morgan fingerprint density at radius 1 is 0.347 bits per heavy atom. The minimum atomic E-state index is -1.75. The van der Waals surface area contributed by atoms with Crippen molar-refractivity contribution in [2.24, 2.45) is 0 Å². The predicted molar refractivity (Wildman–Crippen MR) is 211 cm³/mol. The van der Waals surface area contributed by atoms with Crippen LogP contribution in [0.1, 0.15) is 0 Å². The summed E-state index contributed by atoms with van der Waals surface area (Å²) in [7, 11) is -1.81. The minimum absolute atomic E-state index is 0. The molecule has 0 fully saturated rings. The summed E-state index contributed by atoms with van der Waals surface area (Å²) in [5, 5.41) is 25.5. The van der Waals surface area contributed by atoms with Gasteiger partial charge in [-0.05, 0) is 52.2 Å². The molecular formula is C36H24Cl6CuNO3P2. The van der Waals surface area contributed by atoms with Crippen molar-refractivity contribution in [1.82, 2.24) is 0 Å². The fourth-order valence-corrected chi connectivity index (χ4v) is 11.6. The molecule has 0 N–H and O–H groups in total. The largest absolute Gasteiger partial charge is 1.00 e. The summed E-state index contributed by atoms with van der Waals surface area (Å²) in [5.74, 6) is 0. The van der Waals surface area contributed by atoms with Gasteiger partial charge in [0.25, 0.3) is 0 Å². The van der Waals surface area contributed by atoms with Crippen molar-refractivity contribution < 1.29 is 22.2 Å². The molecule has 4 nitrogen and oxygen atoms in total. The summed E-state index contributed by atoms with van der Waals surface area (Å²) >= 11 is 38.7. The van der Waals surface area contributed by atoms with Crippen LogP contribution in [0.15, 0.2) is 146 Å². The van der Waals surface area contributed by atoms with Crippen LogP contribution in [-0.4, -0.2) is 5.09 Å². The molecule has 13 heteroatoms. The number of benzene rings is 6. The van der Waals surface area contributed by atoms with Gasteiger partial charge in [0.1, 0.15) is 0 Å². The van der Waals surface area contributed by atoms with Gasteiger partial charge < -0.3 is 15.3 Å². The third kappa shape index (κ3) is 11.3. The number of nitrogens with zero attached hydrogens (tertiary/aromatic N) is 1. The zero-order valence-electron chi connectivity index (χ0n) is 25.0. The second kappa shape index (κ2) is 20.5. The fraction of sp³-hybridized carbons (Fsp3) is 0. The molecular weight excluding hydrogens is 833 g/mol. The van der Waals surface area contributed by atoms with Crippen LogP contribution >= 0.6 is 85.4 Å². The summed E-state index contributed by atoms with van der Waals surface area (Å²) in [6.07, 6.45) is 0. The molecule has 49 heavy (non-hydrogen) atoms. The van der Waals surface area contributed by atoms with E-state index in [-0.39, 0.29) is 17.1 Å². The first-order valence-electron chi connectivity index (χ1n) is 14.0. The van der Waals surface area contributed by atoms with Gasteiger partial charge in [0.15, 0.2) is 0 Å². The second-order valence-corrected chi connectivity index (χ2v) is 16.3. The Balaban J connectivity index is 0.000000235. The van der Waals surface area contributed by atoms with Crippen molar-refractivity contribution >= 4 is 117 Å². The molecule has 0 amide bonds. The Morgan fingerprint density at radius 2 is 0.469 bits per heavy atom. The molecule has 254 valence electrons. The first-order valence-corrected chi connectivity index (χ1v) is 18.9. The third-order valence-corrected chi connectivity index (χ3v) is 14.6. The summed E-state index contributed by atoms with van der Waals surface area (Å²) in [4.78, 5) is 8.25. The topological polar surface area (TPSA) is 66.2 Å². The standard InChI is InChI=1S/2C18H12Cl3P.Cu.NO3/c2*19-13-7-1-4-10-16(13)22(17-11-5-2-8-14(17)20)18-12-6-3-9-15(18)21;;2-1(3)4/h2*1-12H;;/q;;+1;-1. The van der Waals surface area contributed by atoms with E-state index in [9.17, 15) is 0 Å². The molecule has 0 aliphatic rings. The van der Waals surface area contributed by atoms with Gasteiger partial charge in [-0.1, -0.05) is 179 Å². The molecule has 0 spiro atoms. The number of rotatable bonds is 6. The molecule has 0 aromatic heterocycles. The molecule has 0 saturated heterocycles. The van der Waals surface area contributed by atoms with Crippen molar-refractivity contribution in [2.45, 2.75) is 0 Å². The first-order chi connectivity index (χ1) is 23.1. The van der Waals surface area contributed by atoms with Crippen molar-refractivity contribution in [3.05, 3.63) is 191 Å². The van der Waals surface area contributed by atoms with Gasteiger partial charge in [0.05, 0.1) is 5.09 Å². The Morgan fingerprint density at radius 3 is 0.592 bits per heavy atom. The van der Waals surface area contributed by atoms with Gasteiger partial charge in [0.2, 0.25) is 0 Å². The van der Waals surface area contributed by atoms with E-state index >= 15 is 0 Å². The molecule has 0 unspecified atom stereocenters. The number of hydrogen-bond acceptors (Lipinski definition) is 3. The zero-order chi connectivity index (χ0) is 34.6. The molecule has 6 aromatic carbocycles. The normalized spacial score (nSPS) is 10.3. The van der Waals surface area contributed by atoms with E-state index in [1.54, 1.807) is 0 Å². The van der Waals surface area contributed by atoms with E-state index in [2.05, 4.69) is 0 Å². The van der Waals surface area contributed by atoms with Crippen LogP contribution in [-0.2, 0) is 17.1 Å². The van der Waals surface area contributed by atoms with E-state index in [0.717, 1.165) is 62.0 Å². The first kappa shape index (κ1) is 41.1. The molecule has 0 aliphatic carbocycles. The monoisotopic (exact) mass is 853 g/mol. The van der Waals surface area contributed by atoms with E-state index in [4.69, 9.17) is 84.9 Å². The van der Waals surface area contributed by atoms with Crippen LogP contribution < -0.4 is 31.8 Å². The van der Waals surface area contributed by atoms with Gasteiger partial charge in [-0.3, -0.25) is 0 Å². The van der Waals surface area contributed by atoms with Crippen molar-refractivity contribution in [3.8, 4) is 0 Å². The third-order valence-electron chi connectivity index (χ3n) is 6.56. The average Bonchev–Trinajstić information content (AvgIpc) is 3.06. The molecule has 6 rings (SSSR count). The zero-order valence-corrected chi connectivity index (χ0v) is 32.3. The van der Waals surface area contributed by atoms with Crippen LogP contribution in [0.2, 0.25) is 30.1 Å². The maximum Gasteiger partial charge on any atom is 1.00 e. The Hall–Kier alpha value is -2.36. The fourth-order valence-electron chi connectivity index (χ4n) is 4.58. The van der Waals surface area contributed by atoms with Crippen LogP contribution in [0.4, 0.5) is 0 Å². The van der Waals surface area contributed by atoms with E-state index < -0.39 is 20.9 Å². The SMILES string of the molecule is Clc1ccccc1P(c1ccccc1Cl)c1ccccc1Cl.Clc1ccccc1P(c1ccccc1Cl)c1ccccc1Cl.O=[N+]([O-])[O-].[Cu+]. The van der Waals surface area contributed by atoms with Gasteiger partial charge in [-0.15, -0.1) is 0 Å². The van der Waals surface area contributed by atoms with Gasteiger partial charge in [0, 0.05) is 62.0 Å². The van der Waals surface area contributed by atoms with Crippen molar-refractivity contribution in [2.75, 3.05) is 0 Å². The van der Waals surface area contributed by atoms with Crippen molar-refractivity contribution in [1.29, 1.82) is 0 Å². The van der Waals surface area contributed by atoms with Crippen LogP contribution in [0.5, 0.6) is 0 Å². The van der Waals surface area contributed by atoms with Crippen LogP contribution in [0.3, 0.4) is 0 Å². The van der Waals surface area contributed by atoms with Crippen LogP contribution in [0.25, 0.3) is 0 Å². The summed E-state index contributed by atoms with van der Waals surface area (Å²) in [6.45, 7) is 0. The quantitative estimate of drug-likeness (QED) is 0.0725. The molecule has 0 bridgehead atoms. The van der Waals surface area contributed by atoms with Gasteiger partial charge in [-0.25, -0.2) is 0 Å². The second-order valence-electron chi connectivity index (χ2n) is 9.60.